The average Bonchev–Trinajstić information content (AvgIpc) is 3.06. The third-order valence-corrected chi connectivity index (χ3v) is 5.81. The summed E-state index contributed by atoms with van der Waals surface area (Å²) in [5.41, 5.74) is 3.92. The van der Waals surface area contributed by atoms with E-state index in [4.69, 9.17) is 14.2 Å². The number of hydrogen-bond donors (Lipinski definition) is 2. The van der Waals surface area contributed by atoms with E-state index in [1.807, 2.05) is 56.3 Å². The zero-order valence-corrected chi connectivity index (χ0v) is 19.4. The van der Waals surface area contributed by atoms with Crippen LogP contribution in [0.15, 0.2) is 53.7 Å². The minimum absolute atomic E-state index is 0.222. The molecule has 0 saturated heterocycles. The number of fused-ring (bicyclic) bond motifs is 2. The summed E-state index contributed by atoms with van der Waals surface area (Å²) in [5.74, 6) is 2.20. The van der Waals surface area contributed by atoms with E-state index < -0.39 is 6.04 Å². The molecule has 2 aliphatic rings. The molecule has 0 saturated carbocycles. The van der Waals surface area contributed by atoms with Crippen molar-refractivity contribution in [2.45, 2.75) is 32.9 Å². The van der Waals surface area contributed by atoms with Crippen LogP contribution < -0.4 is 20.1 Å². The lowest BCUT2D eigenvalue weighted by atomic mass is 9.94. The monoisotopic (exact) mass is 461 g/mol. The van der Waals surface area contributed by atoms with Gasteiger partial charge in [0.05, 0.1) is 18.8 Å². The predicted molar refractivity (Wildman–Crippen MR) is 127 cm³/mol. The lowest BCUT2D eigenvalue weighted by molar-refractivity contribution is -0.113. The number of allylic oxidation sites excluding steroid dienone is 1. The van der Waals surface area contributed by atoms with Crippen LogP contribution in [0, 0.1) is 6.92 Å². The minimum Gasteiger partial charge on any atom is -0.490 e. The fraction of sp³-hybridized carbons (Fsp3) is 0.320. The van der Waals surface area contributed by atoms with Gasteiger partial charge in [-0.15, -0.1) is 0 Å². The van der Waals surface area contributed by atoms with E-state index in [0.29, 0.717) is 47.8 Å². The van der Waals surface area contributed by atoms with Crippen LogP contribution in [-0.2, 0) is 16.1 Å². The van der Waals surface area contributed by atoms with Crippen molar-refractivity contribution in [1.82, 2.24) is 14.8 Å². The maximum atomic E-state index is 13.6. The van der Waals surface area contributed by atoms with Crippen LogP contribution in [0.1, 0.15) is 36.3 Å². The molecule has 2 aromatic carbocycles. The predicted octanol–water partition coefficient (Wildman–Crippen LogP) is 3.82. The van der Waals surface area contributed by atoms with Crippen molar-refractivity contribution in [3.8, 4) is 11.5 Å². The number of amides is 1. The normalized spacial score (nSPS) is 17.0. The Morgan fingerprint density at radius 2 is 1.91 bits per heavy atom. The number of carbonyl (C=O) groups excluding carboxylic acids is 1. The van der Waals surface area contributed by atoms with Gasteiger partial charge in [-0.3, -0.25) is 4.79 Å². The molecule has 1 unspecified atom stereocenters. The molecule has 34 heavy (non-hydrogen) atoms. The van der Waals surface area contributed by atoms with Gasteiger partial charge in [0.15, 0.2) is 17.3 Å². The fourth-order valence-corrected chi connectivity index (χ4v) is 4.17. The number of aromatic nitrogens is 3. The third kappa shape index (κ3) is 4.22. The zero-order chi connectivity index (χ0) is 23.7. The van der Waals surface area contributed by atoms with E-state index in [2.05, 4.69) is 20.7 Å². The number of nitrogens with zero attached hydrogens (tertiary/aromatic N) is 3. The van der Waals surface area contributed by atoms with Crippen molar-refractivity contribution < 1.29 is 19.0 Å². The van der Waals surface area contributed by atoms with Crippen molar-refractivity contribution in [3.05, 3.63) is 70.7 Å². The first-order chi connectivity index (χ1) is 16.5. The molecule has 2 aliphatic heterocycles. The SMILES string of the molecule is COCc1nc2n(n1)C(c1ccc3c(c1)OCCCO3)C(C(=O)Nc1ccc(C)cc1)=C(C)N2. The number of rotatable bonds is 5. The smallest absolute Gasteiger partial charge is 0.255 e. The molecular formula is C25H27N5O4. The van der Waals surface area contributed by atoms with Crippen LogP contribution in [0.4, 0.5) is 11.6 Å². The molecule has 1 amide bonds. The van der Waals surface area contributed by atoms with E-state index in [1.165, 1.54) is 0 Å². The second kappa shape index (κ2) is 9.18. The summed E-state index contributed by atoms with van der Waals surface area (Å²) < 4.78 is 18.7. The molecule has 1 atom stereocenters. The summed E-state index contributed by atoms with van der Waals surface area (Å²) >= 11 is 0. The first-order valence-corrected chi connectivity index (χ1v) is 11.2. The van der Waals surface area contributed by atoms with Gasteiger partial charge in [-0.1, -0.05) is 23.8 Å². The third-order valence-electron chi connectivity index (χ3n) is 5.81. The number of benzene rings is 2. The Balaban J connectivity index is 1.57. The molecule has 176 valence electrons. The fourth-order valence-electron chi connectivity index (χ4n) is 4.17. The second-order valence-electron chi connectivity index (χ2n) is 8.37. The van der Waals surface area contributed by atoms with Gasteiger partial charge in [0, 0.05) is 24.9 Å². The molecule has 2 N–H and O–H groups in total. The number of carbonyl (C=O) groups is 1. The number of ether oxygens (including phenoxy) is 3. The second-order valence-corrected chi connectivity index (χ2v) is 8.37. The standard InChI is InChI=1S/C25H27N5O4/c1-15-5-8-18(9-6-15)27-24(31)22-16(2)26-25-28-21(14-32-3)29-30(25)23(22)17-7-10-19-20(13-17)34-12-4-11-33-19/h5-10,13,23H,4,11-12,14H2,1-3H3,(H,27,31)(H,26,28,29). The van der Waals surface area contributed by atoms with Gasteiger partial charge in [0.25, 0.3) is 5.91 Å². The Bertz CT molecular complexity index is 1250. The van der Waals surface area contributed by atoms with Crippen LogP contribution in [0.5, 0.6) is 11.5 Å². The van der Waals surface area contributed by atoms with Gasteiger partial charge in [-0.05, 0) is 43.7 Å². The van der Waals surface area contributed by atoms with Crippen LogP contribution in [0.3, 0.4) is 0 Å². The van der Waals surface area contributed by atoms with Crippen LogP contribution in [0.25, 0.3) is 0 Å². The first kappa shape index (κ1) is 22.0. The van der Waals surface area contributed by atoms with Gasteiger partial charge < -0.3 is 24.8 Å². The first-order valence-electron chi connectivity index (χ1n) is 11.2. The minimum atomic E-state index is -0.517. The van der Waals surface area contributed by atoms with Crippen molar-refractivity contribution in [3.63, 3.8) is 0 Å². The highest BCUT2D eigenvalue weighted by Gasteiger charge is 2.35. The van der Waals surface area contributed by atoms with Crippen molar-refractivity contribution in [2.75, 3.05) is 31.0 Å². The Kier molecular flexibility index (Phi) is 5.93. The number of hydrogen-bond acceptors (Lipinski definition) is 7. The Labute approximate surface area is 197 Å². The average molecular weight is 462 g/mol. The molecule has 1 aromatic heterocycles. The van der Waals surface area contributed by atoms with Crippen LogP contribution in [-0.4, -0.2) is 41.0 Å². The maximum Gasteiger partial charge on any atom is 0.255 e. The molecule has 9 heteroatoms. The van der Waals surface area contributed by atoms with Gasteiger partial charge in [0.1, 0.15) is 12.6 Å². The molecule has 0 bridgehead atoms. The molecule has 0 spiro atoms. The largest absolute Gasteiger partial charge is 0.490 e. The van der Waals surface area contributed by atoms with E-state index in [0.717, 1.165) is 23.2 Å². The van der Waals surface area contributed by atoms with Gasteiger partial charge in [-0.2, -0.15) is 10.1 Å². The molecule has 0 fully saturated rings. The van der Waals surface area contributed by atoms with Crippen molar-refractivity contribution in [1.29, 1.82) is 0 Å². The maximum absolute atomic E-state index is 13.6. The highest BCUT2D eigenvalue weighted by molar-refractivity contribution is 6.06. The summed E-state index contributed by atoms with van der Waals surface area (Å²) in [6.45, 7) is 5.32. The van der Waals surface area contributed by atoms with E-state index >= 15 is 0 Å². The summed E-state index contributed by atoms with van der Waals surface area (Å²) in [6.07, 6.45) is 0.814. The quantitative estimate of drug-likeness (QED) is 0.596. The lowest BCUT2D eigenvalue weighted by Crippen LogP contribution is -2.31. The summed E-state index contributed by atoms with van der Waals surface area (Å²) in [6, 6.07) is 12.9. The highest BCUT2D eigenvalue weighted by atomic mass is 16.5. The van der Waals surface area contributed by atoms with Crippen LogP contribution >= 0.6 is 0 Å². The number of nitrogens with one attached hydrogen (secondary N) is 2. The zero-order valence-electron chi connectivity index (χ0n) is 19.4. The molecule has 5 rings (SSSR count). The Morgan fingerprint density at radius 3 is 2.68 bits per heavy atom. The topological polar surface area (TPSA) is 99.5 Å². The Morgan fingerprint density at radius 1 is 1.15 bits per heavy atom. The van der Waals surface area contributed by atoms with E-state index in [-0.39, 0.29) is 12.5 Å². The van der Waals surface area contributed by atoms with Gasteiger partial charge in [-0.25, -0.2) is 4.68 Å². The molecule has 3 aromatic rings. The van der Waals surface area contributed by atoms with Crippen molar-refractivity contribution in [2.24, 2.45) is 0 Å². The molecule has 0 radical (unpaired) electrons. The number of anilines is 2. The summed E-state index contributed by atoms with van der Waals surface area (Å²) in [7, 11) is 1.60. The summed E-state index contributed by atoms with van der Waals surface area (Å²) in [5, 5.41) is 10.9. The molecule has 0 aliphatic carbocycles. The number of aryl methyl sites for hydroxylation is 1. The Hall–Kier alpha value is -3.85. The van der Waals surface area contributed by atoms with E-state index in [9.17, 15) is 4.79 Å². The van der Waals surface area contributed by atoms with Gasteiger partial charge in [0.2, 0.25) is 5.95 Å². The van der Waals surface area contributed by atoms with Crippen LogP contribution in [0.2, 0.25) is 0 Å². The van der Waals surface area contributed by atoms with Crippen molar-refractivity contribution >= 4 is 17.5 Å². The van der Waals surface area contributed by atoms with E-state index in [1.54, 1.807) is 11.8 Å². The number of methoxy groups -OCH3 is 1. The molecule has 9 nitrogen and oxygen atoms in total. The lowest BCUT2D eigenvalue weighted by Gasteiger charge is -2.29. The highest BCUT2D eigenvalue weighted by Crippen LogP contribution is 2.39. The summed E-state index contributed by atoms with van der Waals surface area (Å²) in [4.78, 5) is 18.1. The molecule has 3 heterocycles. The molecular weight excluding hydrogens is 434 g/mol. The van der Waals surface area contributed by atoms with Gasteiger partial charge >= 0.3 is 0 Å².